The number of amides is 1. The third-order valence-electron chi connectivity index (χ3n) is 9.06. The molecule has 0 bridgehead atoms. The van der Waals surface area contributed by atoms with Gasteiger partial charge in [0.05, 0.1) is 18.8 Å². The highest BCUT2D eigenvalue weighted by atomic mass is 16.3. The second kappa shape index (κ2) is 42.7. The Balaban J connectivity index is 3.78. The van der Waals surface area contributed by atoms with Crippen molar-refractivity contribution < 1.29 is 15.0 Å². The molecule has 52 heavy (non-hydrogen) atoms. The average Bonchev–Trinajstić information content (AvgIpc) is 3.15. The fraction of sp³-hybridized carbons (Fsp3) is 0.646. The van der Waals surface area contributed by atoms with Crippen LogP contribution in [0.2, 0.25) is 0 Å². The number of hydrogen-bond acceptors (Lipinski definition) is 3. The first kappa shape index (κ1) is 49.3. The maximum Gasteiger partial charge on any atom is 0.220 e. The summed E-state index contributed by atoms with van der Waals surface area (Å²) in [4.78, 5) is 12.3. The lowest BCUT2D eigenvalue weighted by molar-refractivity contribution is -0.122. The molecule has 0 spiro atoms. The fourth-order valence-electron chi connectivity index (χ4n) is 5.80. The summed E-state index contributed by atoms with van der Waals surface area (Å²) in [5, 5.41) is 22.9. The van der Waals surface area contributed by atoms with E-state index in [1.54, 1.807) is 6.08 Å². The van der Waals surface area contributed by atoms with E-state index in [0.29, 0.717) is 12.8 Å². The van der Waals surface area contributed by atoms with E-state index in [9.17, 15) is 15.0 Å². The summed E-state index contributed by atoms with van der Waals surface area (Å²) in [6, 6.07) is -0.685. The molecular formula is C48H81NO3. The normalized spacial score (nSPS) is 14.0. The molecule has 0 aromatic heterocycles. The number of carbonyl (C=O) groups excluding carboxylic acids is 1. The molecule has 0 rings (SSSR count). The molecule has 4 heteroatoms. The molecule has 0 radical (unpaired) electrons. The minimum atomic E-state index is -0.899. The summed E-state index contributed by atoms with van der Waals surface area (Å²) in [6.07, 6.45) is 63.8. The van der Waals surface area contributed by atoms with Crippen LogP contribution in [0.4, 0.5) is 0 Å². The number of unbranched alkanes of at least 4 members (excludes halogenated alkanes) is 16. The van der Waals surface area contributed by atoms with E-state index < -0.39 is 12.1 Å². The smallest absolute Gasteiger partial charge is 0.220 e. The molecule has 0 fully saturated rings. The zero-order chi connectivity index (χ0) is 37.8. The van der Waals surface area contributed by atoms with E-state index in [4.69, 9.17) is 0 Å². The van der Waals surface area contributed by atoms with Crippen molar-refractivity contribution in [1.29, 1.82) is 0 Å². The molecule has 0 aliphatic heterocycles. The number of allylic oxidation sites excluding steroid dienone is 15. The molecule has 0 aromatic rings. The second-order valence-electron chi connectivity index (χ2n) is 14.0. The van der Waals surface area contributed by atoms with Crippen LogP contribution in [-0.2, 0) is 4.79 Å². The highest BCUT2D eigenvalue weighted by Crippen LogP contribution is 2.14. The van der Waals surface area contributed by atoms with Crippen molar-refractivity contribution in [3.8, 4) is 0 Å². The molecule has 0 aliphatic rings. The van der Waals surface area contributed by atoms with Gasteiger partial charge in [0.1, 0.15) is 0 Å². The van der Waals surface area contributed by atoms with Crippen molar-refractivity contribution >= 4 is 5.91 Å². The topological polar surface area (TPSA) is 69.6 Å². The van der Waals surface area contributed by atoms with Gasteiger partial charge >= 0.3 is 0 Å². The molecule has 4 nitrogen and oxygen atoms in total. The summed E-state index contributed by atoms with van der Waals surface area (Å²) in [5.41, 5.74) is 0. The van der Waals surface area contributed by atoms with Crippen LogP contribution in [-0.4, -0.2) is 34.9 Å². The van der Waals surface area contributed by atoms with Crippen LogP contribution in [0.15, 0.2) is 97.2 Å². The Morgan fingerprint density at radius 1 is 0.481 bits per heavy atom. The number of carbonyl (C=O) groups is 1. The third kappa shape index (κ3) is 38.5. The van der Waals surface area contributed by atoms with Crippen molar-refractivity contribution in [2.75, 3.05) is 6.61 Å². The Morgan fingerprint density at radius 2 is 0.865 bits per heavy atom. The maximum atomic E-state index is 12.3. The number of hydrogen-bond donors (Lipinski definition) is 3. The lowest BCUT2D eigenvalue weighted by Crippen LogP contribution is -2.45. The summed E-state index contributed by atoms with van der Waals surface area (Å²) in [7, 11) is 0. The van der Waals surface area contributed by atoms with Crippen LogP contribution in [0.5, 0.6) is 0 Å². The molecular weight excluding hydrogens is 639 g/mol. The van der Waals surface area contributed by atoms with E-state index in [-0.39, 0.29) is 12.5 Å². The number of rotatable bonds is 37. The molecule has 2 atom stereocenters. The van der Waals surface area contributed by atoms with Crippen molar-refractivity contribution in [3.63, 3.8) is 0 Å². The lowest BCUT2D eigenvalue weighted by Gasteiger charge is -2.19. The van der Waals surface area contributed by atoms with Gasteiger partial charge in [0.2, 0.25) is 5.91 Å². The SMILES string of the molecule is CC/C=C\C/C=C\C/C=C\C/C=C\C/C=C\C/C=C\CCC(=O)NC(CO)C(O)/C=C/CC/C=C/CCCCCCCCCCCCCCCCC. The molecule has 296 valence electrons. The van der Waals surface area contributed by atoms with Gasteiger partial charge in [-0.25, -0.2) is 0 Å². The van der Waals surface area contributed by atoms with E-state index in [0.717, 1.165) is 57.8 Å². The van der Waals surface area contributed by atoms with Gasteiger partial charge in [-0.1, -0.05) is 201 Å². The van der Waals surface area contributed by atoms with Gasteiger partial charge in [-0.15, -0.1) is 0 Å². The number of nitrogens with one attached hydrogen (secondary N) is 1. The predicted octanol–water partition coefficient (Wildman–Crippen LogP) is 13.5. The first-order valence-electron chi connectivity index (χ1n) is 21.5. The van der Waals surface area contributed by atoms with Crippen molar-refractivity contribution in [3.05, 3.63) is 97.2 Å². The summed E-state index contributed by atoms with van der Waals surface area (Å²) < 4.78 is 0. The molecule has 2 unspecified atom stereocenters. The minimum Gasteiger partial charge on any atom is -0.394 e. The largest absolute Gasteiger partial charge is 0.394 e. The Bertz CT molecular complexity index is 999. The number of aliphatic hydroxyl groups excluding tert-OH is 2. The van der Waals surface area contributed by atoms with E-state index in [2.05, 4.69) is 98.2 Å². The molecule has 3 N–H and O–H groups in total. The average molecular weight is 720 g/mol. The quantitative estimate of drug-likeness (QED) is 0.0442. The van der Waals surface area contributed by atoms with Crippen molar-refractivity contribution in [2.24, 2.45) is 0 Å². The molecule has 0 heterocycles. The van der Waals surface area contributed by atoms with E-state index in [1.807, 2.05) is 12.2 Å². The van der Waals surface area contributed by atoms with Gasteiger partial charge in [0, 0.05) is 6.42 Å². The molecule has 0 aliphatic carbocycles. The van der Waals surface area contributed by atoms with Gasteiger partial charge in [0.15, 0.2) is 0 Å². The van der Waals surface area contributed by atoms with Crippen LogP contribution in [0.3, 0.4) is 0 Å². The fourth-order valence-corrected chi connectivity index (χ4v) is 5.80. The first-order chi connectivity index (χ1) is 25.7. The Labute approximate surface area is 322 Å². The Morgan fingerprint density at radius 3 is 1.33 bits per heavy atom. The van der Waals surface area contributed by atoms with Crippen LogP contribution < -0.4 is 5.32 Å². The van der Waals surface area contributed by atoms with Crippen LogP contribution in [0.25, 0.3) is 0 Å². The Kier molecular flexibility index (Phi) is 40.5. The van der Waals surface area contributed by atoms with Crippen LogP contribution in [0.1, 0.15) is 181 Å². The van der Waals surface area contributed by atoms with Gasteiger partial charge in [0.25, 0.3) is 0 Å². The third-order valence-corrected chi connectivity index (χ3v) is 9.06. The van der Waals surface area contributed by atoms with Crippen molar-refractivity contribution in [1.82, 2.24) is 5.32 Å². The highest BCUT2D eigenvalue weighted by Gasteiger charge is 2.17. The molecule has 0 saturated carbocycles. The van der Waals surface area contributed by atoms with Gasteiger partial charge in [-0.3, -0.25) is 4.79 Å². The summed E-state index contributed by atoms with van der Waals surface area (Å²) in [5.74, 6) is -0.159. The zero-order valence-corrected chi connectivity index (χ0v) is 33.8. The summed E-state index contributed by atoms with van der Waals surface area (Å²) >= 11 is 0. The predicted molar refractivity (Wildman–Crippen MR) is 230 cm³/mol. The van der Waals surface area contributed by atoms with E-state index >= 15 is 0 Å². The summed E-state index contributed by atoms with van der Waals surface area (Å²) in [6.45, 7) is 4.14. The number of aliphatic hydroxyl groups is 2. The van der Waals surface area contributed by atoms with Gasteiger partial charge in [-0.2, -0.15) is 0 Å². The highest BCUT2D eigenvalue weighted by molar-refractivity contribution is 5.76. The van der Waals surface area contributed by atoms with Gasteiger partial charge < -0.3 is 15.5 Å². The monoisotopic (exact) mass is 720 g/mol. The van der Waals surface area contributed by atoms with Crippen LogP contribution in [0, 0.1) is 0 Å². The minimum absolute atomic E-state index is 0.159. The lowest BCUT2D eigenvalue weighted by atomic mass is 10.0. The van der Waals surface area contributed by atoms with E-state index in [1.165, 1.54) is 96.3 Å². The maximum absolute atomic E-state index is 12.3. The molecule has 0 aromatic carbocycles. The zero-order valence-electron chi connectivity index (χ0n) is 33.8. The van der Waals surface area contributed by atoms with Crippen molar-refractivity contribution in [2.45, 2.75) is 193 Å². The second-order valence-corrected chi connectivity index (χ2v) is 14.0. The molecule has 0 saturated heterocycles. The first-order valence-corrected chi connectivity index (χ1v) is 21.5. The van der Waals surface area contributed by atoms with Gasteiger partial charge in [-0.05, 0) is 70.6 Å². The Hall–Kier alpha value is -2.69. The standard InChI is InChI=1S/C48H81NO3/c1-3-5-7-9-11-13-15-17-19-21-23-24-26-27-29-31-33-35-37-39-41-43-47(51)46(45-50)49-48(52)44-42-40-38-36-34-32-30-28-25-22-20-18-16-14-12-10-8-6-4-2/h6,8,12,14,18,20,25,28,32-35,38,40-41,43,46-47,50-51H,3-5,7,9-11,13,15-17,19,21-24,26-27,29-31,36-37,39,42,44-45H2,1-2H3,(H,49,52)/b8-6-,14-12-,20-18-,28-25-,34-32-,35-33+,40-38-,43-41+. The van der Waals surface area contributed by atoms with Crippen LogP contribution >= 0.6 is 0 Å². The molecule has 1 amide bonds.